The van der Waals surface area contributed by atoms with Crippen molar-refractivity contribution < 1.29 is 4.79 Å². The number of halogens is 2. The Balaban J connectivity index is 1.75. The highest BCUT2D eigenvalue weighted by atomic mass is 35.5. The summed E-state index contributed by atoms with van der Waals surface area (Å²) < 4.78 is 0. The summed E-state index contributed by atoms with van der Waals surface area (Å²) in [5.41, 5.74) is 1.30. The summed E-state index contributed by atoms with van der Waals surface area (Å²) in [7, 11) is 0. The lowest BCUT2D eigenvalue weighted by Crippen LogP contribution is -2.25. The molecule has 1 N–H and O–H groups in total. The SMILES string of the molecule is CC(C(=O)Nc1ccc(Cl)cc1Cl)n1nnc(-c2ccccc2)n1. The molecule has 1 amide bonds. The molecule has 0 saturated heterocycles. The van der Waals surface area contributed by atoms with Gasteiger partial charge in [-0.3, -0.25) is 4.79 Å². The van der Waals surface area contributed by atoms with Gasteiger partial charge in [0.05, 0.1) is 10.7 Å². The molecule has 0 aliphatic rings. The van der Waals surface area contributed by atoms with Gasteiger partial charge in [0.2, 0.25) is 5.82 Å². The van der Waals surface area contributed by atoms with Crippen molar-refractivity contribution in [1.29, 1.82) is 0 Å². The van der Waals surface area contributed by atoms with Crippen LogP contribution in [0.1, 0.15) is 13.0 Å². The number of carbonyl (C=O) groups excluding carboxylic acids is 1. The molecule has 24 heavy (non-hydrogen) atoms. The van der Waals surface area contributed by atoms with Crippen LogP contribution in [0.5, 0.6) is 0 Å². The molecule has 8 heteroatoms. The Hall–Kier alpha value is -2.44. The number of nitrogens with one attached hydrogen (secondary N) is 1. The molecule has 2 aromatic carbocycles. The number of nitrogens with zero attached hydrogens (tertiary/aromatic N) is 4. The number of hydrogen-bond donors (Lipinski definition) is 1. The number of amides is 1. The average Bonchev–Trinajstić information content (AvgIpc) is 3.07. The van der Waals surface area contributed by atoms with Crippen LogP contribution in [0.25, 0.3) is 11.4 Å². The minimum Gasteiger partial charge on any atom is -0.323 e. The zero-order valence-corrected chi connectivity index (χ0v) is 14.2. The van der Waals surface area contributed by atoms with E-state index in [-0.39, 0.29) is 5.91 Å². The average molecular weight is 362 g/mol. The Morgan fingerprint density at radius 1 is 1.17 bits per heavy atom. The highest BCUT2D eigenvalue weighted by Gasteiger charge is 2.19. The second-order valence-corrected chi connectivity index (χ2v) is 5.93. The van der Waals surface area contributed by atoms with Crippen LogP contribution in [-0.2, 0) is 4.79 Å². The van der Waals surface area contributed by atoms with E-state index < -0.39 is 6.04 Å². The molecule has 6 nitrogen and oxygen atoms in total. The first kappa shape index (κ1) is 16.4. The summed E-state index contributed by atoms with van der Waals surface area (Å²) in [5, 5.41) is 15.8. The molecule has 0 radical (unpaired) electrons. The third-order valence-electron chi connectivity index (χ3n) is 3.38. The first-order chi connectivity index (χ1) is 11.5. The zero-order valence-electron chi connectivity index (χ0n) is 12.6. The number of carbonyl (C=O) groups is 1. The number of benzene rings is 2. The minimum atomic E-state index is -0.651. The maximum absolute atomic E-state index is 12.4. The number of hydrogen-bond acceptors (Lipinski definition) is 4. The molecule has 3 rings (SSSR count). The van der Waals surface area contributed by atoms with Crippen LogP contribution in [0.3, 0.4) is 0 Å². The van der Waals surface area contributed by atoms with Crippen molar-refractivity contribution >= 4 is 34.8 Å². The van der Waals surface area contributed by atoms with E-state index in [4.69, 9.17) is 23.2 Å². The Morgan fingerprint density at radius 3 is 2.62 bits per heavy atom. The molecule has 1 atom stereocenters. The lowest BCUT2D eigenvalue weighted by atomic mass is 10.2. The Labute approximate surface area is 148 Å². The van der Waals surface area contributed by atoms with Crippen LogP contribution < -0.4 is 5.32 Å². The number of aromatic nitrogens is 4. The van der Waals surface area contributed by atoms with E-state index in [9.17, 15) is 4.79 Å². The molecule has 1 unspecified atom stereocenters. The molecule has 0 fully saturated rings. The van der Waals surface area contributed by atoms with Gasteiger partial charge >= 0.3 is 0 Å². The van der Waals surface area contributed by atoms with Gasteiger partial charge in [0.25, 0.3) is 5.91 Å². The van der Waals surface area contributed by atoms with Crippen molar-refractivity contribution in [2.75, 3.05) is 5.32 Å². The third kappa shape index (κ3) is 3.55. The molecule has 0 aliphatic heterocycles. The molecular formula is C16H13Cl2N5O. The first-order valence-corrected chi connectivity index (χ1v) is 7.91. The minimum absolute atomic E-state index is 0.309. The number of anilines is 1. The maximum Gasteiger partial charge on any atom is 0.250 e. The van der Waals surface area contributed by atoms with Crippen molar-refractivity contribution in [2.45, 2.75) is 13.0 Å². The fraction of sp³-hybridized carbons (Fsp3) is 0.125. The zero-order chi connectivity index (χ0) is 17.1. The molecule has 0 spiro atoms. The highest BCUT2D eigenvalue weighted by Crippen LogP contribution is 2.26. The van der Waals surface area contributed by atoms with Gasteiger partial charge in [-0.1, -0.05) is 53.5 Å². The smallest absolute Gasteiger partial charge is 0.250 e. The highest BCUT2D eigenvalue weighted by molar-refractivity contribution is 6.36. The van der Waals surface area contributed by atoms with E-state index in [2.05, 4.69) is 20.7 Å². The van der Waals surface area contributed by atoms with E-state index in [1.54, 1.807) is 25.1 Å². The van der Waals surface area contributed by atoms with E-state index in [0.29, 0.717) is 21.6 Å². The van der Waals surface area contributed by atoms with Gasteiger partial charge in [0, 0.05) is 10.6 Å². The van der Waals surface area contributed by atoms with Crippen molar-refractivity contribution in [3.63, 3.8) is 0 Å². The van der Waals surface area contributed by atoms with Crippen LogP contribution in [0.4, 0.5) is 5.69 Å². The standard InChI is InChI=1S/C16H13Cl2N5O/c1-10(16(24)19-14-8-7-12(17)9-13(14)18)23-21-15(20-22-23)11-5-3-2-4-6-11/h2-10H,1H3,(H,19,24). The molecule has 0 saturated carbocycles. The molecular weight excluding hydrogens is 349 g/mol. The van der Waals surface area contributed by atoms with E-state index in [0.717, 1.165) is 5.56 Å². The summed E-state index contributed by atoms with van der Waals surface area (Å²) in [5.74, 6) is 0.149. The van der Waals surface area contributed by atoms with Crippen LogP contribution in [0, 0.1) is 0 Å². The summed E-state index contributed by atoms with van der Waals surface area (Å²) in [6, 6.07) is 13.6. The maximum atomic E-state index is 12.4. The number of tetrazole rings is 1. The van der Waals surface area contributed by atoms with Gasteiger partial charge in [-0.05, 0) is 30.3 Å². The predicted molar refractivity (Wildman–Crippen MR) is 93.1 cm³/mol. The summed E-state index contributed by atoms with van der Waals surface area (Å²) in [4.78, 5) is 13.6. The van der Waals surface area contributed by atoms with Gasteiger partial charge in [-0.15, -0.1) is 10.2 Å². The monoisotopic (exact) mass is 361 g/mol. The number of rotatable bonds is 4. The lowest BCUT2D eigenvalue weighted by Gasteiger charge is -2.12. The Kier molecular flexibility index (Phi) is 4.78. The van der Waals surface area contributed by atoms with Crippen molar-refractivity contribution in [3.05, 3.63) is 58.6 Å². The lowest BCUT2D eigenvalue weighted by molar-refractivity contribution is -0.119. The summed E-state index contributed by atoms with van der Waals surface area (Å²) >= 11 is 11.9. The molecule has 3 aromatic rings. The Morgan fingerprint density at radius 2 is 1.92 bits per heavy atom. The van der Waals surface area contributed by atoms with Crippen molar-refractivity contribution in [1.82, 2.24) is 20.2 Å². The van der Waals surface area contributed by atoms with Gasteiger partial charge < -0.3 is 5.32 Å². The quantitative estimate of drug-likeness (QED) is 0.765. The molecule has 122 valence electrons. The van der Waals surface area contributed by atoms with E-state index >= 15 is 0 Å². The predicted octanol–water partition coefficient (Wildman–Crippen LogP) is 3.85. The van der Waals surface area contributed by atoms with Gasteiger partial charge in [0.15, 0.2) is 0 Å². The molecule has 1 heterocycles. The summed E-state index contributed by atoms with van der Waals surface area (Å²) in [6.07, 6.45) is 0. The van der Waals surface area contributed by atoms with Crippen LogP contribution in [-0.4, -0.2) is 26.1 Å². The fourth-order valence-corrected chi connectivity index (χ4v) is 2.48. The molecule has 0 bridgehead atoms. The van der Waals surface area contributed by atoms with Gasteiger partial charge in [-0.2, -0.15) is 4.80 Å². The second-order valence-electron chi connectivity index (χ2n) is 5.09. The first-order valence-electron chi connectivity index (χ1n) is 7.15. The van der Waals surface area contributed by atoms with E-state index in [1.165, 1.54) is 4.80 Å². The van der Waals surface area contributed by atoms with Crippen LogP contribution in [0.2, 0.25) is 10.0 Å². The Bertz CT molecular complexity index is 866. The van der Waals surface area contributed by atoms with Crippen molar-refractivity contribution in [2.24, 2.45) is 0 Å². The fourth-order valence-electron chi connectivity index (χ4n) is 2.02. The molecule has 1 aromatic heterocycles. The van der Waals surface area contributed by atoms with Gasteiger partial charge in [0.1, 0.15) is 6.04 Å². The molecule has 0 aliphatic carbocycles. The van der Waals surface area contributed by atoms with Gasteiger partial charge in [-0.25, -0.2) is 0 Å². The summed E-state index contributed by atoms with van der Waals surface area (Å²) in [6.45, 7) is 1.68. The van der Waals surface area contributed by atoms with Crippen molar-refractivity contribution in [3.8, 4) is 11.4 Å². The largest absolute Gasteiger partial charge is 0.323 e. The normalized spacial score (nSPS) is 12.0. The second kappa shape index (κ2) is 6.98. The third-order valence-corrected chi connectivity index (χ3v) is 3.92. The van der Waals surface area contributed by atoms with Crippen LogP contribution in [0.15, 0.2) is 48.5 Å². The van der Waals surface area contributed by atoms with Crippen LogP contribution >= 0.6 is 23.2 Å². The topological polar surface area (TPSA) is 72.7 Å². The van der Waals surface area contributed by atoms with E-state index in [1.807, 2.05) is 30.3 Å².